The van der Waals surface area contributed by atoms with Crippen LogP contribution >= 0.6 is 23.4 Å². The lowest BCUT2D eigenvalue weighted by molar-refractivity contribution is -0.118. The Hall–Kier alpha value is -2.84. The van der Waals surface area contributed by atoms with Crippen LogP contribution in [-0.4, -0.2) is 39.1 Å². The minimum absolute atomic E-state index is 0.0840. The zero-order chi connectivity index (χ0) is 20.5. The van der Waals surface area contributed by atoms with Crippen molar-refractivity contribution in [3.8, 4) is 0 Å². The summed E-state index contributed by atoms with van der Waals surface area (Å²) in [5.41, 5.74) is 5.70. The smallest absolute Gasteiger partial charge is 0.240 e. The van der Waals surface area contributed by atoms with Gasteiger partial charge in [0, 0.05) is 11.6 Å². The minimum Gasteiger partial charge on any atom is -0.355 e. The van der Waals surface area contributed by atoms with Crippen LogP contribution in [0.5, 0.6) is 0 Å². The number of hydrogen-bond acceptors (Lipinski definition) is 6. The van der Waals surface area contributed by atoms with Crippen molar-refractivity contribution in [1.82, 2.24) is 20.5 Å². The van der Waals surface area contributed by atoms with Gasteiger partial charge in [-0.05, 0) is 30.5 Å². The number of rotatable bonds is 9. The van der Waals surface area contributed by atoms with Gasteiger partial charge in [0.05, 0.1) is 11.5 Å². The number of anilines is 1. The van der Waals surface area contributed by atoms with Crippen molar-refractivity contribution in [1.29, 1.82) is 0 Å². The third kappa shape index (κ3) is 6.62. The first-order valence-corrected chi connectivity index (χ1v) is 10.4. The van der Waals surface area contributed by atoms with Crippen LogP contribution in [0.2, 0.25) is 5.02 Å². The predicted octanol–water partition coefficient (Wildman–Crippen LogP) is 3.75. The molecule has 0 bridgehead atoms. The molecule has 0 spiro atoms. The number of hydrazone groups is 1. The van der Waals surface area contributed by atoms with Gasteiger partial charge in [-0.1, -0.05) is 71.9 Å². The van der Waals surface area contributed by atoms with Crippen molar-refractivity contribution in [2.45, 2.75) is 18.5 Å². The number of carbonyl (C=O) groups excluding carboxylic acids is 1. The van der Waals surface area contributed by atoms with Crippen LogP contribution in [0.3, 0.4) is 0 Å². The van der Waals surface area contributed by atoms with Crippen LogP contribution in [0.25, 0.3) is 0 Å². The Morgan fingerprint density at radius 1 is 1.17 bits per heavy atom. The summed E-state index contributed by atoms with van der Waals surface area (Å²) in [7, 11) is 0. The van der Waals surface area contributed by atoms with Gasteiger partial charge in [-0.15, -0.1) is 5.10 Å². The Kier molecular flexibility index (Phi) is 7.66. The Morgan fingerprint density at radius 2 is 1.93 bits per heavy atom. The number of aromatic nitrogens is 3. The molecule has 2 aromatic carbocycles. The molecule has 0 saturated carbocycles. The van der Waals surface area contributed by atoms with Gasteiger partial charge in [-0.2, -0.15) is 10.1 Å². The molecule has 0 saturated heterocycles. The average Bonchev–Trinajstić information content (AvgIpc) is 3.20. The summed E-state index contributed by atoms with van der Waals surface area (Å²) in [5.74, 6) is 0.563. The van der Waals surface area contributed by atoms with Gasteiger partial charge >= 0.3 is 0 Å². The number of halogens is 1. The topological polar surface area (TPSA) is 95.1 Å². The second kappa shape index (κ2) is 10.6. The molecule has 1 heterocycles. The van der Waals surface area contributed by atoms with Crippen LogP contribution < -0.4 is 10.7 Å². The van der Waals surface area contributed by atoms with Crippen molar-refractivity contribution >= 4 is 40.9 Å². The largest absolute Gasteiger partial charge is 0.355 e. The first-order chi connectivity index (χ1) is 14.1. The first kappa shape index (κ1) is 20.9. The molecule has 0 aliphatic rings. The van der Waals surface area contributed by atoms with Crippen molar-refractivity contribution in [2.75, 3.05) is 17.7 Å². The summed E-state index contributed by atoms with van der Waals surface area (Å²) < 4.78 is 0. The van der Waals surface area contributed by atoms with E-state index in [0.717, 1.165) is 16.8 Å². The summed E-state index contributed by atoms with van der Waals surface area (Å²) in [6.45, 7) is 2.43. The quantitative estimate of drug-likeness (QED) is 0.274. The van der Waals surface area contributed by atoms with Gasteiger partial charge in [0.1, 0.15) is 0 Å². The van der Waals surface area contributed by atoms with Crippen LogP contribution in [0.15, 0.2) is 64.9 Å². The third-order valence-corrected chi connectivity index (χ3v) is 5.21. The van der Waals surface area contributed by atoms with Gasteiger partial charge in [-0.25, -0.2) is 10.5 Å². The van der Waals surface area contributed by atoms with E-state index in [2.05, 4.69) is 31.0 Å². The number of carbonyl (C=O) groups is 1. The number of nitrogens with one attached hydrogen (secondary N) is 3. The highest BCUT2D eigenvalue weighted by Gasteiger charge is 2.08. The number of thioether (sulfide) groups is 1. The lowest BCUT2D eigenvalue weighted by Gasteiger charge is -2.05. The van der Waals surface area contributed by atoms with E-state index in [9.17, 15) is 4.79 Å². The van der Waals surface area contributed by atoms with E-state index in [-0.39, 0.29) is 11.7 Å². The number of benzene rings is 2. The molecule has 0 atom stereocenters. The van der Waals surface area contributed by atoms with Gasteiger partial charge in [0.2, 0.25) is 17.0 Å². The maximum atomic E-state index is 12.0. The SMILES string of the molecule is C/C(=N/Nc1nc(SCC(=O)NCCc2ccccc2Cl)n[nH]1)c1ccccc1. The molecular formula is C20H21ClN6OS. The van der Waals surface area contributed by atoms with E-state index in [1.54, 1.807) is 0 Å². The fourth-order valence-electron chi connectivity index (χ4n) is 2.46. The molecule has 1 aromatic heterocycles. The second-order valence-corrected chi connectivity index (χ2v) is 7.47. The van der Waals surface area contributed by atoms with E-state index >= 15 is 0 Å². The Balaban J connectivity index is 1.41. The molecule has 0 aliphatic heterocycles. The average molecular weight is 429 g/mol. The van der Waals surface area contributed by atoms with Crippen LogP contribution in [0.1, 0.15) is 18.1 Å². The third-order valence-electron chi connectivity index (χ3n) is 3.99. The normalized spacial score (nSPS) is 11.3. The lowest BCUT2D eigenvalue weighted by Crippen LogP contribution is -2.27. The molecule has 0 radical (unpaired) electrons. The van der Waals surface area contributed by atoms with E-state index in [1.165, 1.54) is 11.8 Å². The summed E-state index contributed by atoms with van der Waals surface area (Å²) in [6, 6.07) is 17.4. The molecule has 0 unspecified atom stereocenters. The maximum absolute atomic E-state index is 12.0. The molecule has 29 heavy (non-hydrogen) atoms. The van der Waals surface area contributed by atoms with E-state index in [0.29, 0.717) is 29.1 Å². The second-order valence-electron chi connectivity index (χ2n) is 6.12. The fraction of sp³-hybridized carbons (Fsp3) is 0.200. The molecule has 1 amide bonds. The summed E-state index contributed by atoms with van der Waals surface area (Å²) in [4.78, 5) is 16.3. The van der Waals surface area contributed by atoms with Crippen LogP contribution in [0.4, 0.5) is 5.95 Å². The maximum Gasteiger partial charge on any atom is 0.240 e. The molecule has 7 nitrogen and oxygen atoms in total. The minimum atomic E-state index is -0.0840. The highest BCUT2D eigenvalue weighted by atomic mass is 35.5. The molecule has 9 heteroatoms. The number of nitrogens with zero attached hydrogens (tertiary/aromatic N) is 3. The molecule has 0 fully saturated rings. The van der Waals surface area contributed by atoms with Crippen LogP contribution in [-0.2, 0) is 11.2 Å². The number of aromatic amines is 1. The fourth-order valence-corrected chi connectivity index (χ4v) is 3.32. The van der Waals surface area contributed by atoms with Crippen LogP contribution in [0, 0.1) is 0 Å². The molecule has 3 N–H and O–H groups in total. The molecule has 150 valence electrons. The Morgan fingerprint density at radius 3 is 2.72 bits per heavy atom. The monoisotopic (exact) mass is 428 g/mol. The molecule has 0 aliphatic carbocycles. The predicted molar refractivity (Wildman–Crippen MR) is 118 cm³/mol. The Labute approximate surface area is 178 Å². The highest BCUT2D eigenvalue weighted by Crippen LogP contribution is 2.15. The summed E-state index contributed by atoms with van der Waals surface area (Å²) in [6.07, 6.45) is 0.684. The molecule has 3 aromatic rings. The van der Waals surface area contributed by atoms with Crippen molar-refractivity contribution in [3.05, 3.63) is 70.7 Å². The number of H-pyrrole nitrogens is 1. The standard InChI is InChI=1S/C20H21ClN6OS/c1-14(15-7-3-2-4-8-15)24-25-19-23-20(27-26-19)29-13-18(28)22-12-11-16-9-5-6-10-17(16)21/h2-10H,11-13H2,1H3,(H,22,28)(H2,23,25,26,27)/b24-14-. The summed E-state index contributed by atoms with van der Waals surface area (Å²) >= 11 is 7.36. The van der Waals surface area contributed by atoms with Crippen molar-refractivity contribution in [3.63, 3.8) is 0 Å². The number of amides is 1. The lowest BCUT2D eigenvalue weighted by atomic mass is 10.1. The summed E-state index contributed by atoms with van der Waals surface area (Å²) in [5, 5.41) is 15.2. The Bertz CT molecular complexity index is 976. The zero-order valence-corrected chi connectivity index (χ0v) is 17.4. The molecule has 3 rings (SSSR count). The zero-order valence-electron chi connectivity index (χ0n) is 15.9. The van der Waals surface area contributed by atoms with Gasteiger partial charge in [-0.3, -0.25) is 4.79 Å². The van der Waals surface area contributed by atoms with Gasteiger partial charge < -0.3 is 5.32 Å². The van der Waals surface area contributed by atoms with E-state index < -0.39 is 0 Å². The highest BCUT2D eigenvalue weighted by molar-refractivity contribution is 7.99. The van der Waals surface area contributed by atoms with E-state index in [1.807, 2.05) is 61.5 Å². The first-order valence-electron chi connectivity index (χ1n) is 9.03. The number of hydrogen-bond donors (Lipinski definition) is 3. The van der Waals surface area contributed by atoms with Gasteiger partial charge in [0.15, 0.2) is 0 Å². The van der Waals surface area contributed by atoms with Gasteiger partial charge in [0.25, 0.3) is 0 Å². The van der Waals surface area contributed by atoms with Crippen molar-refractivity contribution in [2.24, 2.45) is 5.10 Å². The van der Waals surface area contributed by atoms with E-state index in [4.69, 9.17) is 11.6 Å². The molecular weight excluding hydrogens is 408 g/mol. The van der Waals surface area contributed by atoms with Crippen molar-refractivity contribution < 1.29 is 4.79 Å².